The van der Waals surface area contributed by atoms with E-state index in [0.717, 1.165) is 4.47 Å². The molecule has 0 fully saturated rings. The molecule has 0 heterocycles. The molecule has 7 heteroatoms. The lowest BCUT2D eigenvalue weighted by Gasteiger charge is -2.14. The van der Waals surface area contributed by atoms with Crippen molar-refractivity contribution in [2.24, 2.45) is 0 Å². The van der Waals surface area contributed by atoms with Gasteiger partial charge in [0.2, 0.25) is 0 Å². The predicted molar refractivity (Wildman–Crippen MR) is 85.8 cm³/mol. The molecule has 2 aromatic rings. The molecule has 0 aliphatic rings. The second kappa shape index (κ2) is 5.94. The monoisotopic (exact) mass is 391 g/mol. The molecule has 0 aliphatic carbocycles. The van der Waals surface area contributed by atoms with Crippen LogP contribution in [0.25, 0.3) is 0 Å². The summed E-state index contributed by atoms with van der Waals surface area (Å²) >= 11 is 9.26. The van der Waals surface area contributed by atoms with Crippen LogP contribution in [-0.2, 0) is 10.0 Å². The summed E-state index contributed by atoms with van der Waals surface area (Å²) in [6, 6.07) is 7.19. The van der Waals surface area contributed by atoms with Crippen molar-refractivity contribution in [3.8, 4) is 0 Å². The third-order valence-corrected chi connectivity index (χ3v) is 5.35. The van der Waals surface area contributed by atoms with E-state index in [2.05, 4.69) is 20.7 Å². The maximum atomic E-state index is 13.3. The zero-order chi connectivity index (χ0) is 15.8. The Morgan fingerprint density at radius 3 is 2.24 bits per heavy atom. The van der Waals surface area contributed by atoms with Crippen LogP contribution in [0.4, 0.5) is 10.1 Å². The highest BCUT2D eigenvalue weighted by atomic mass is 79.9. The summed E-state index contributed by atoms with van der Waals surface area (Å²) in [5.41, 5.74) is 0.949. The molecular weight excluding hydrogens is 381 g/mol. The molecule has 0 atom stereocenters. The molecular formula is C14H12BrClFNO2S. The van der Waals surface area contributed by atoms with Gasteiger partial charge in [0.25, 0.3) is 10.0 Å². The smallest absolute Gasteiger partial charge is 0.262 e. The average Bonchev–Trinajstić information content (AvgIpc) is 2.30. The summed E-state index contributed by atoms with van der Waals surface area (Å²) in [7, 11) is -3.84. The maximum absolute atomic E-state index is 13.3. The molecule has 1 N–H and O–H groups in total. The number of halogens is 3. The van der Waals surface area contributed by atoms with Gasteiger partial charge in [0.05, 0.1) is 15.6 Å². The fourth-order valence-corrected chi connectivity index (χ4v) is 4.40. The van der Waals surface area contributed by atoms with E-state index in [0.29, 0.717) is 11.1 Å². The molecule has 0 spiro atoms. The van der Waals surface area contributed by atoms with Gasteiger partial charge in [-0.2, -0.15) is 0 Å². The Kier molecular flexibility index (Phi) is 4.60. The summed E-state index contributed by atoms with van der Waals surface area (Å²) in [4.78, 5) is 0.0582. The molecule has 0 radical (unpaired) electrons. The Labute approximate surface area is 136 Å². The Morgan fingerprint density at radius 2 is 1.71 bits per heavy atom. The molecule has 2 rings (SSSR count). The first-order valence-electron chi connectivity index (χ1n) is 5.95. The van der Waals surface area contributed by atoms with Gasteiger partial charge in [0.15, 0.2) is 0 Å². The molecule has 3 nitrogen and oxygen atoms in total. The summed E-state index contributed by atoms with van der Waals surface area (Å²) in [5.74, 6) is -0.467. The largest absolute Gasteiger partial charge is 0.278 e. The first-order valence-corrected chi connectivity index (χ1v) is 8.61. The summed E-state index contributed by atoms with van der Waals surface area (Å²) < 4.78 is 41.4. The number of nitrogens with one attached hydrogen (secondary N) is 1. The lowest BCUT2D eigenvalue weighted by atomic mass is 10.1. The molecule has 0 aromatic heterocycles. The van der Waals surface area contributed by atoms with Crippen LogP contribution < -0.4 is 4.72 Å². The van der Waals surface area contributed by atoms with Gasteiger partial charge in [0.1, 0.15) is 5.82 Å². The van der Waals surface area contributed by atoms with Crippen LogP contribution >= 0.6 is 27.5 Å². The van der Waals surface area contributed by atoms with Crippen molar-refractivity contribution in [1.82, 2.24) is 0 Å². The second-order valence-corrected chi connectivity index (χ2v) is 7.54. The normalized spacial score (nSPS) is 11.5. The third kappa shape index (κ3) is 3.56. The Morgan fingerprint density at radius 1 is 1.14 bits per heavy atom. The van der Waals surface area contributed by atoms with E-state index in [-0.39, 0.29) is 15.6 Å². The first-order chi connectivity index (χ1) is 9.70. The van der Waals surface area contributed by atoms with Crippen molar-refractivity contribution in [2.75, 3.05) is 4.72 Å². The van der Waals surface area contributed by atoms with Gasteiger partial charge in [-0.25, -0.2) is 12.8 Å². The number of anilines is 1. The average molecular weight is 393 g/mol. The van der Waals surface area contributed by atoms with Crippen LogP contribution in [0.2, 0.25) is 5.02 Å². The van der Waals surface area contributed by atoms with Crippen LogP contribution in [0.1, 0.15) is 11.1 Å². The zero-order valence-corrected chi connectivity index (χ0v) is 14.4. The molecule has 0 amide bonds. The summed E-state index contributed by atoms with van der Waals surface area (Å²) in [5, 5.41) is 0.269. The number of sulfonamides is 1. The van der Waals surface area contributed by atoms with Gasteiger partial charge in [-0.15, -0.1) is 0 Å². The van der Waals surface area contributed by atoms with E-state index in [1.807, 2.05) is 0 Å². The van der Waals surface area contributed by atoms with Gasteiger partial charge in [-0.1, -0.05) is 27.5 Å². The molecule has 112 valence electrons. The van der Waals surface area contributed by atoms with Crippen molar-refractivity contribution in [2.45, 2.75) is 18.7 Å². The van der Waals surface area contributed by atoms with Crippen molar-refractivity contribution in [1.29, 1.82) is 0 Å². The lowest BCUT2D eigenvalue weighted by molar-refractivity contribution is 0.597. The minimum Gasteiger partial charge on any atom is -0.278 e. The van der Waals surface area contributed by atoms with Gasteiger partial charge < -0.3 is 0 Å². The first kappa shape index (κ1) is 16.3. The van der Waals surface area contributed by atoms with Gasteiger partial charge in [0, 0.05) is 4.47 Å². The van der Waals surface area contributed by atoms with Crippen LogP contribution in [0.15, 0.2) is 39.7 Å². The molecule has 0 unspecified atom stereocenters. The zero-order valence-electron chi connectivity index (χ0n) is 11.2. The Balaban J connectivity index is 2.48. The number of aryl methyl sites for hydroxylation is 2. The van der Waals surface area contributed by atoms with E-state index in [4.69, 9.17) is 11.6 Å². The second-order valence-electron chi connectivity index (χ2n) is 4.60. The van der Waals surface area contributed by atoms with Crippen LogP contribution in [0.5, 0.6) is 0 Å². The third-order valence-electron chi connectivity index (χ3n) is 2.87. The van der Waals surface area contributed by atoms with Crippen molar-refractivity contribution in [3.05, 3.63) is 56.8 Å². The molecule has 0 saturated carbocycles. The minimum absolute atomic E-state index is 0.0582. The van der Waals surface area contributed by atoms with Crippen molar-refractivity contribution < 1.29 is 12.8 Å². The highest BCUT2D eigenvalue weighted by Gasteiger charge is 2.21. The van der Waals surface area contributed by atoms with E-state index in [1.165, 1.54) is 12.1 Å². The van der Waals surface area contributed by atoms with E-state index < -0.39 is 15.8 Å². The maximum Gasteiger partial charge on any atom is 0.262 e. The summed E-state index contributed by atoms with van der Waals surface area (Å²) in [6.07, 6.45) is 0. The fraction of sp³-hybridized carbons (Fsp3) is 0.143. The Bertz CT molecular complexity index is 786. The molecule has 21 heavy (non-hydrogen) atoms. The topological polar surface area (TPSA) is 46.2 Å². The van der Waals surface area contributed by atoms with Crippen molar-refractivity contribution in [3.63, 3.8) is 0 Å². The fourth-order valence-electron chi connectivity index (χ4n) is 2.09. The Hall–Kier alpha value is -1.11. The van der Waals surface area contributed by atoms with E-state index >= 15 is 0 Å². The molecule has 0 aliphatic heterocycles. The number of hydrogen-bond acceptors (Lipinski definition) is 2. The standard InChI is InChI=1S/C14H12BrClFNO2S/c1-8-5-11(17)6-9(2)14(8)21(19,20)18-13-4-3-10(15)7-12(13)16/h3-7,18H,1-2H3. The van der Waals surface area contributed by atoms with E-state index in [1.54, 1.807) is 32.0 Å². The highest BCUT2D eigenvalue weighted by molar-refractivity contribution is 9.10. The predicted octanol–water partition coefficient (Wildman–Crippen LogP) is 4.66. The number of benzene rings is 2. The van der Waals surface area contributed by atoms with Gasteiger partial charge in [-0.05, 0) is 55.3 Å². The summed E-state index contributed by atoms with van der Waals surface area (Å²) in [6.45, 7) is 3.10. The lowest BCUT2D eigenvalue weighted by Crippen LogP contribution is -2.16. The van der Waals surface area contributed by atoms with Gasteiger partial charge >= 0.3 is 0 Å². The van der Waals surface area contributed by atoms with Crippen molar-refractivity contribution >= 4 is 43.2 Å². The molecule has 0 saturated heterocycles. The quantitative estimate of drug-likeness (QED) is 0.826. The van der Waals surface area contributed by atoms with E-state index in [9.17, 15) is 12.8 Å². The highest BCUT2D eigenvalue weighted by Crippen LogP contribution is 2.29. The molecule has 2 aromatic carbocycles. The molecule has 0 bridgehead atoms. The minimum atomic E-state index is -3.84. The number of rotatable bonds is 3. The van der Waals surface area contributed by atoms with Gasteiger partial charge in [-0.3, -0.25) is 4.72 Å². The van der Waals surface area contributed by atoms with Crippen LogP contribution in [0, 0.1) is 19.7 Å². The van der Waals surface area contributed by atoms with Crippen LogP contribution in [-0.4, -0.2) is 8.42 Å². The number of hydrogen-bond donors (Lipinski definition) is 1. The SMILES string of the molecule is Cc1cc(F)cc(C)c1S(=O)(=O)Nc1ccc(Br)cc1Cl. The van der Waals surface area contributed by atoms with Crippen LogP contribution in [0.3, 0.4) is 0 Å².